The molecule has 0 aromatic heterocycles. The van der Waals surface area contributed by atoms with Crippen LogP contribution < -0.4 is 5.32 Å². The van der Waals surface area contributed by atoms with Crippen LogP contribution in [-0.4, -0.2) is 74.3 Å². The molecule has 9 atom stereocenters. The summed E-state index contributed by atoms with van der Waals surface area (Å²) in [6.45, 7) is 15.4. The molecule has 8 heteroatoms. The topological polar surface area (TPSA) is 86.7 Å². The molecule has 6 nitrogen and oxygen atoms in total. The number of carboxylic acids is 1. The second-order valence-electron chi connectivity index (χ2n) is 18.9. The fourth-order valence-electron chi connectivity index (χ4n) is 14.0. The molecule has 1 heterocycles. The number of alkyl halides is 1. The minimum Gasteiger partial charge on any atom is -0.481 e. The maximum absolute atomic E-state index is 13.9. The van der Waals surface area contributed by atoms with E-state index in [9.17, 15) is 22.7 Å². The number of carbonyl (C=O) groups is 1. The van der Waals surface area contributed by atoms with Crippen molar-refractivity contribution in [1.29, 1.82) is 0 Å². The van der Waals surface area contributed by atoms with Gasteiger partial charge in [-0.2, -0.15) is 0 Å². The SMILES string of the molecule is CC1(C)C(C2=CCC(CF)(C(=O)O)CC2)=CCC2(C)C1CCC1(C)C2CCC2[C@H]3CCCC3(NCCN3CCS(=O)(=O)CC3)CC[C@]21C. The zero-order valence-electron chi connectivity index (χ0n) is 30.5. The van der Waals surface area contributed by atoms with Crippen LogP contribution in [0.2, 0.25) is 0 Å². The van der Waals surface area contributed by atoms with Gasteiger partial charge in [-0.15, -0.1) is 0 Å². The fourth-order valence-corrected chi connectivity index (χ4v) is 15.3. The van der Waals surface area contributed by atoms with Crippen LogP contribution in [0.15, 0.2) is 23.3 Å². The number of nitrogens with one attached hydrogen (secondary N) is 1. The summed E-state index contributed by atoms with van der Waals surface area (Å²) >= 11 is 0. The summed E-state index contributed by atoms with van der Waals surface area (Å²) in [4.78, 5) is 14.3. The first-order valence-electron chi connectivity index (χ1n) is 19.4. The monoisotopic (exact) mass is 686 g/mol. The van der Waals surface area contributed by atoms with Crippen molar-refractivity contribution < 1.29 is 22.7 Å². The van der Waals surface area contributed by atoms with Crippen molar-refractivity contribution in [2.45, 2.75) is 124 Å². The lowest BCUT2D eigenvalue weighted by Gasteiger charge is -2.72. The predicted molar refractivity (Wildman–Crippen MR) is 190 cm³/mol. The number of aliphatic carboxylic acids is 1. The number of halogens is 1. The Bertz CT molecular complexity index is 1460. The molecular weight excluding hydrogens is 624 g/mol. The Morgan fingerprint density at radius 3 is 2.31 bits per heavy atom. The minimum absolute atomic E-state index is 0.00644. The zero-order chi connectivity index (χ0) is 34.4. The highest BCUT2D eigenvalue weighted by molar-refractivity contribution is 7.91. The Labute approximate surface area is 290 Å². The van der Waals surface area contributed by atoms with Gasteiger partial charge in [-0.25, -0.2) is 12.8 Å². The number of nitrogens with zero attached hydrogens (tertiary/aromatic N) is 1. The van der Waals surface area contributed by atoms with Crippen LogP contribution in [0.4, 0.5) is 4.39 Å². The van der Waals surface area contributed by atoms with Crippen LogP contribution >= 0.6 is 0 Å². The van der Waals surface area contributed by atoms with Crippen LogP contribution in [0.1, 0.15) is 118 Å². The molecule has 6 aliphatic carbocycles. The fraction of sp³-hybridized carbons (Fsp3) is 0.875. The van der Waals surface area contributed by atoms with Crippen LogP contribution in [0, 0.1) is 50.7 Å². The van der Waals surface area contributed by atoms with Crippen LogP contribution in [0.25, 0.3) is 0 Å². The Morgan fingerprint density at radius 2 is 1.65 bits per heavy atom. The maximum Gasteiger partial charge on any atom is 0.312 e. The molecule has 0 radical (unpaired) electrons. The first-order chi connectivity index (χ1) is 22.6. The van der Waals surface area contributed by atoms with E-state index in [2.05, 4.69) is 57.0 Å². The zero-order valence-corrected chi connectivity index (χ0v) is 31.3. The van der Waals surface area contributed by atoms with Crippen molar-refractivity contribution in [1.82, 2.24) is 10.2 Å². The molecule has 0 spiro atoms. The van der Waals surface area contributed by atoms with Gasteiger partial charge in [-0.1, -0.05) is 53.2 Å². The highest BCUT2D eigenvalue weighted by Gasteiger charge is 2.69. The Balaban J connectivity index is 1.09. The van der Waals surface area contributed by atoms with Gasteiger partial charge in [0.2, 0.25) is 0 Å². The second-order valence-corrected chi connectivity index (χ2v) is 21.2. The summed E-state index contributed by atoms with van der Waals surface area (Å²) in [7, 11) is -2.84. The van der Waals surface area contributed by atoms with E-state index in [1.165, 1.54) is 68.9 Å². The van der Waals surface area contributed by atoms with E-state index in [1.807, 2.05) is 0 Å². The first kappa shape index (κ1) is 35.2. The lowest BCUT2D eigenvalue weighted by molar-refractivity contribution is -0.218. The third-order valence-corrected chi connectivity index (χ3v) is 18.6. The van der Waals surface area contributed by atoms with Gasteiger partial charge < -0.3 is 15.3 Å². The van der Waals surface area contributed by atoms with Crippen molar-refractivity contribution in [2.75, 3.05) is 44.4 Å². The van der Waals surface area contributed by atoms with Crippen LogP contribution in [0.5, 0.6) is 0 Å². The van der Waals surface area contributed by atoms with Gasteiger partial charge in [0, 0.05) is 31.7 Å². The van der Waals surface area contributed by atoms with E-state index in [-0.39, 0.29) is 16.4 Å². The van der Waals surface area contributed by atoms with Gasteiger partial charge in [0.05, 0.1) is 16.9 Å². The third kappa shape index (κ3) is 5.17. The molecule has 0 bridgehead atoms. The molecule has 5 fully saturated rings. The molecule has 7 unspecified atom stereocenters. The second kappa shape index (κ2) is 11.9. The van der Waals surface area contributed by atoms with Crippen molar-refractivity contribution in [2.24, 2.45) is 50.7 Å². The van der Waals surface area contributed by atoms with Gasteiger partial charge in [0.25, 0.3) is 0 Å². The largest absolute Gasteiger partial charge is 0.481 e. The molecule has 0 aromatic rings. The van der Waals surface area contributed by atoms with E-state index in [0.717, 1.165) is 31.3 Å². The Hall–Kier alpha value is -1.25. The smallest absolute Gasteiger partial charge is 0.312 e. The van der Waals surface area contributed by atoms with E-state index in [0.29, 0.717) is 66.5 Å². The van der Waals surface area contributed by atoms with E-state index >= 15 is 0 Å². The summed E-state index contributed by atoms with van der Waals surface area (Å²) in [6.07, 6.45) is 18.7. The van der Waals surface area contributed by atoms with E-state index in [4.69, 9.17) is 0 Å². The van der Waals surface area contributed by atoms with Crippen LogP contribution in [0.3, 0.4) is 0 Å². The molecular formula is C40H63FN2O4S. The maximum atomic E-state index is 13.9. The van der Waals surface area contributed by atoms with Gasteiger partial charge in [-0.3, -0.25) is 4.79 Å². The summed E-state index contributed by atoms with van der Waals surface area (Å²) in [5, 5.41) is 13.9. The molecule has 270 valence electrons. The highest BCUT2D eigenvalue weighted by Crippen LogP contribution is 2.76. The van der Waals surface area contributed by atoms with Gasteiger partial charge in [0.1, 0.15) is 6.67 Å². The number of fused-ring (bicyclic) bond motifs is 7. The van der Waals surface area contributed by atoms with Crippen molar-refractivity contribution >= 4 is 15.8 Å². The van der Waals surface area contributed by atoms with Crippen LogP contribution in [-0.2, 0) is 14.6 Å². The molecule has 4 saturated carbocycles. The minimum atomic E-state index is -2.84. The predicted octanol–water partition coefficient (Wildman–Crippen LogP) is 7.60. The molecule has 7 aliphatic rings. The van der Waals surface area contributed by atoms with Gasteiger partial charge >= 0.3 is 5.97 Å². The quantitative estimate of drug-likeness (QED) is 0.287. The number of carboxylic acid groups (broad SMARTS) is 1. The number of allylic oxidation sites excluding steroid dienone is 4. The average molecular weight is 687 g/mol. The molecule has 1 saturated heterocycles. The molecule has 2 N–H and O–H groups in total. The first-order valence-corrected chi connectivity index (χ1v) is 21.3. The Kier molecular flexibility index (Phi) is 8.72. The number of hydrogen-bond acceptors (Lipinski definition) is 5. The standard InChI is InChI=1S/C40H63FN2O4S/c1-35(2)29(28-10-17-39(27-41,18-11-28)34(44)45)12-15-36(3)32(35)13-16-38(5)33(36)9-8-30-31-7-6-14-40(31,20-19-37(30,38)4)42-21-22-43-23-25-48(46,47)26-24-43/h10,12,30-33,42H,6-9,11,13-27H2,1-5H3,(H,44,45)/t30?,31-,32?,33?,36?,37-,38?,39?,40?/m1/s1. The molecule has 7 rings (SSSR count). The van der Waals surface area contributed by atoms with Crippen molar-refractivity contribution in [3.63, 3.8) is 0 Å². The number of hydrogen-bond donors (Lipinski definition) is 2. The van der Waals surface area contributed by atoms with E-state index in [1.54, 1.807) is 0 Å². The van der Waals surface area contributed by atoms with Gasteiger partial charge in [0.15, 0.2) is 9.84 Å². The highest BCUT2D eigenvalue weighted by atomic mass is 32.2. The molecule has 0 aromatic carbocycles. The molecule has 1 aliphatic heterocycles. The summed E-state index contributed by atoms with van der Waals surface area (Å²) in [6, 6.07) is 0. The average Bonchev–Trinajstić information content (AvgIpc) is 3.46. The third-order valence-electron chi connectivity index (χ3n) is 16.9. The van der Waals surface area contributed by atoms with Crippen molar-refractivity contribution in [3.05, 3.63) is 23.3 Å². The Morgan fingerprint density at radius 1 is 0.896 bits per heavy atom. The van der Waals surface area contributed by atoms with E-state index < -0.39 is 27.9 Å². The lowest BCUT2D eigenvalue weighted by atomic mass is 9.33. The lowest BCUT2D eigenvalue weighted by Crippen LogP contribution is -2.67. The normalized spacial score (nSPS) is 46.7. The summed E-state index contributed by atoms with van der Waals surface area (Å²) in [5.41, 5.74) is 2.57. The number of sulfone groups is 1. The summed E-state index contributed by atoms with van der Waals surface area (Å²) in [5.74, 6) is 2.37. The van der Waals surface area contributed by atoms with Crippen molar-refractivity contribution in [3.8, 4) is 0 Å². The summed E-state index contributed by atoms with van der Waals surface area (Å²) < 4.78 is 37.8. The van der Waals surface area contributed by atoms with Gasteiger partial charge in [-0.05, 0) is 134 Å². The molecule has 0 amide bonds. The molecule has 48 heavy (non-hydrogen) atoms. The number of rotatable bonds is 7.